The number of piperidine rings is 1. The van der Waals surface area contributed by atoms with Crippen molar-refractivity contribution in [2.75, 3.05) is 26.2 Å². The summed E-state index contributed by atoms with van der Waals surface area (Å²) in [5.74, 6) is 0.495. The van der Waals surface area contributed by atoms with Gasteiger partial charge in [-0.25, -0.2) is 9.59 Å². The van der Waals surface area contributed by atoms with Crippen LogP contribution in [0.1, 0.15) is 56.9 Å². The van der Waals surface area contributed by atoms with Crippen LogP contribution in [0.4, 0.5) is 9.59 Å². The first kappa shape index (κ1) is 26.8. The van der Waals surface area contributed by atoms with Crippen LogP contribution in [-0.2, 0) is 4.79 Å². The molecule has 2 aliphatic rings. The van der Waals surface area contributed by atoms with Gasteiger partial charge < -0.3 is 37.3 Å². The van der Waals surface area contributed by atoms with E-state index in [-0.39, 0.29) is 23.9 Å². The monoisotopic (exact) mass is 511 g/mol. The van der Waals surface area contributed by atoms with E-state index in [9.17, 15) is 14.4 Å². The van der Waals surface area contributed by atoms with Crippen molar-refractivity contribution in [2.45, 2.75) is 63.5 Å². The predicted octanol–water partition coefficient (Wildman–Crippen LogP) is 2.36. The second-order valence-electron chi connectivity index (χ2n) is 10.7. The zero-order valence-corrected chi connectivity index (χ0v) is 21.7. The molecule has 1 aliphatic carbocycles. The van der Waals surface area contributed by atoms with Gasteiger partial charge in [0.2, 0.25) is 5.91 Å². The van der Waals surface area contributed by atoms with Crippen LogP contribution in [0.15, 0.2) is 30.5 Å². The number of carbonyl (C=O) groups excluding carboxylic acids is 3. The molecule has 2 heterocycles. The van der Waals surface area contributed by atoms with E-state index in [1.54, 1.807) is 4.90 Å². The largest absolute Gasteiger partial charge is 0.361 e. The fourth-order valence-electron chi connectivity index (χ4n) is 5.88. The minimum Gasteiger partial charge on any atom is -0.361 e. The molecule has 1 unspecified atom stereocenters. The summed E-state index contributed by atoms with van der Waals surface area (Å²) in [4.78, 5) is 43.0. The van der Waals surface area contributed by atoms with E-state index in [0.29, 0.717) is 50.9 Å². The Bertz CT molecular complexity index is 1080. The first-order chi connectivity index (χ1) is 17.9. The van der Waals surface area contributed by atoms with Crippen molar-refractivity contribution in [3.8, 4) is 0 Å². The molecule has 0 bridgehead atoms. The van der Waals surface area contributed by atoms with E-state index in [4.69, 9.17) is 11.5 Å². The number of para-hydroxylation sites is 1. The molecule has 1 aliphatic heterocycles. The van der Waals surface area contributed by atoms with Crippen LogP contribution in [0.25, 0.3) is 10.9 Å². The van der Waals surface area contributed by atoms with Crippen LogP contribution in [0.3, 0.4) is 0 Å². The van der Waals surface area contributed by atoms with E-state index < -0.39 is 12.1 Å². The Morgan fingerprint density at radius 2 is 1.84 bits per heavy atom. The Balaban J connectivity index is 1.45. The molecule has 1 aromatic carbocycles. The smallest absolute Gasteiger partial charge is 0.318 e. The molecule has 37 heavy (non-hydrogen) atoms. The van der Waals surface area contributed by atoms with Crippen LogP contribution in [0, 0.1) is 11.8 Å². The summed E-state index contributed by atoms with van der Waals surface area (Å²) in [5, 5.41) is 9.93. The summed E-state index contributed by atoms with van der Waals surface area (Å²) in [6.07, 6.45) is 7.57. The topological polar surface area (TPSA) is 158 Å². The highest BCUT2D eigenvalue weighted by atomic mass is 16.2. The molecule has 0 radical (unpaired) electrons. The van der Waals surface area contributed by atoms with Gasteiger partial charge in [-0.2, -0.15) is 0 Å². The van der Waals surface area contributed by atoms with Crippen molar-refractivity contribution < 1.29 is 14.4 Å². The third-order valence-corrected chi connectivity index (χ3v) is 8.09. The number of amides is 5. The zero-order chi connectivity index (χ0) is 26.4. The summed E-state index contributed by atoms with van der Waals surface area (Å²) in [6.45, 7) is 4.22. The number of fused-ring (bicyclic) bond motifs is 1. The molecule has 4 atom stereocenters. The highest BCUT2D eigenvalue weighted by molar-refractivity contribution is 5.90. The number of likely N-dealkylation sites (tertiary alicyclic amines) is 1. The van der Waals surface area contributed by atoms with Crippen molar-refractivity contribution in [1.82, 2.24) is 25.8 Å². The van der Waals surface area contributed by atoms with Gasteiger partial charge in [0.1, 0.15) is 6.04 Å². The maximum Gasteiger partial charge on any atom is 0.318 e. The average Bonchev–Trinajstić information content (AvgIpc) is 3.34. The standard InChI is InChI=1S/C27H41N7O3/c1-17(22-16-30-23-8-3-2-7-21(22)23)24(25(35)31-15-19-6-4-5-18(13-19)14-28)33-27(37)34-11-9-20(10-12-34)32-26(29)36/h2-3,7-8,16-20,24,30H,4-6,9-15,28H2,1H3,(H,31,35)(H,33,37)(H3,29,32,36)/t17-,18+,19-,24?/m0/s1. The fraction of sp³-hybridized carbons (Fsp3) is 0.593. The van der Waals surface area contributed by atoms with Crippen molar-refractivity contribution >= 4 is 28.9 Å². The number of nitrogens with one attached hydrogen (secondary N) is 4. The number of aromatic amines is 1. The minimum absolute atomic E-state index is 0.0429. The maximum atomic E-state index is 13.6. The number of hydrogen-bond acceptors (Lipinski definition) is 4. The van der Waals surface area contributed by atoms with Gasteiger partial charge in [0.15, 0.2) is 0 Å². The fourth-order valence-corrected chi connectivity index (χ4v) is 5.88. The molecule has 1 saturated heterocycles. The van der Waals surface area contributed by atoms with Crippen LogP contribution >= 0.6 is 0 Å². The lowest BCUT2D eigenvalue weighted by atomic mass is 9.81. The highest BCUT2D eigenvalue weighted by Gasteiger charge is 2.33. The van der Waals surface area contributed by atoms with Gasteiger partial charge in [0.25, 0.3) is 0 Å². The highest BCUT2D eigenvalue weighted by Crippen LogP contribution is 2.30. The number of H-pyrrole nitrogens is 1. The third-order valence-electron chi connectivity index (χ3n) is 8.09. The molecule has 0 spiro atoms. The number of benzene rings is 1. The normalized spacial score (nSPS) is 22.3. The van der Waals surface area contributed by atoms with Crippen LogP contribution in [0.2, 0.25) is 0 Å². The van der Waals surface area contributed by atoms with Gasteiger partial charge in [-0.3, -0.25) is 4.79 Å². The van der Waals surface area contributed by atoms with Crippen LogP contribution in [-0.4, -0.2) is 66.1 Å². The van der Waals surface area contributed by atoms with Crippen LogP contribution in [0.5, 0.6) is 0 Å². The Kier molecular flexibility index (Phi) is 8.91. The van der Waals surface area contributed by atoms with Crippen LogP contribution < -0.4 is 27.4 Å². The minimum atomic E-state index is -0.734. The quantitative estimate of drug-likeness (QED) is 0.321. The number of urea groups is 2. The predicted molar refractivity (Wildman–Crippen MR) is 144 cm³/mol. The molecule has 202 valence electrons. The first-order valence-corrected chi connectivity index (χ1v) is 13.5. The van der Waals surface area contributed by atoms with Crippen molar-refractivity contribution in [3.63, 3.8) is 0 Å². The number of rotatable bonds is 8. The number of primary amides is 1. The molecule has 8 N–H and O–H groups in total. The average molecular weight is 512 g/mol. The molecule has 10 heteroatoms. The van der Waals surface area contributed by atoms with Crippen molar-refractivity contribution in [1.29, 1.82) is 0 Å². The summed E-state index contributed by atoms with van der Waals surface area (Å²) in [7, 11) is 0. The number of nitrogens with zero attached hydrogens (tertiary/aromatic N) is 1. The lowest BCUT2D eigenvalue weighted by Crippen LogP contribution is -2.56. The Labute approximate surface area is 218 Å². The number of carbonyl (C=O) groups is 3. The molecule has 1 aromatic heterocycles. The third kappa shape index (κ3) is 6.74. The second kappa shape index (κ2) is 12.3. The number of nitrogens with two attached hydrogens (primary N) is 2. The number of hydrogen-bond donors (Lipinski definition) is 6. The molecule has 2 fully saturated rings. The molecular formula is C27H41N7O3. The van der Waals surface area contributed by atoms with E-state index in [1.807, 2.05) is 37.4 Å². The van der Waals surface area contributed by atoms with Gasteiger partial charge in [-0.05, 0) is 62.1 Å². The second-order valence-corrected chi connectivity index (χ2v) is 10.7. The SMILES string of the molecule is C[C@@H](c1c[nH]c2ccccc12)C(NC(=O)N1CCC(NC(N)=O)CC1)C(=O)NC[C@H]1CCC[C@@H](CN)C1. The number of aromatic nitrogens is 1. The summed E-state index contributed by atoms with van der Waals surface area (Å²) < 4.78 is 0. The Morgan fingerprint density at radius 3 is 2.57 bits per heavy atom. The lowest BCUT2D eigenvalue weighted by Gasteiger charge is -2.34. The van der Waals surface area contributed by atoms with Gasteiger partial charge in [-0.15, -0.1) is 0 Å². The molecule has 4 rings (SSSR count). The summed E-state index contributed by atoms with van der Waals surface area (Å²) in [6, 6.07) is 6.37. The van der Waals surface area contributed by atoms with Gasteiger partial charge >= 0.3 is 12.1 Å². The van der Waals surface area contributed by atoms with E-state index in [0.717, 1.165) is 42.1 Å². The van der Waals surface area contributed by atoms with Gasteiger partial charge in [0.05, 0.1) is 0 Å². The Hall–Kier alpha value is -3.27. The van der Waals surface area contributed by atoms with E-state index >= 15 is 0 Å². The van der Waals surface area contributed by atoms with E-state index in [1.165, 1.54) is 0 Å². The lowest BCUT2D eigenvalue weighted by molar-refractivity contribution is -0.123. The first-order valence-electron chi connectivity index (χ1n) is 13.5. The van der Waals surface area contributed by atoms with Crippen molar-refractivity contribution in [3.05, 3.63) is 36.0 Å². The van der Waals surface area contributed by atoms with Gasteiger partial charge in [0, 0.05) is 48.7 Å². The van der Waals surface area contributed by atoms with Crippen molar-refractivity contribution in [2.24, 2.45) is 23.3 Å². The molecule has 10 nitrogen and oxygen atoms in total. The molecule has 5 amide bonds. The van der Waals surface area contributed by atoms with Gasteiger partial charge in [-0.1, -0.05) is 31.5 Å². The maximum absolute atomic E-state index is 13.6. The molecular weight excluding hydrogens is 470 g/mol. The molecule has 2 aromatic rings. The zero-order valence-electron chi connectivity index (χ0n) is 21.7. The van der Waals surface area contributed by atoms with E-state index in [2.05, 4.69) is 20.9 Å². The summed E-state index contributed by atoms with van der Waals surface area (Å²) >= 11 is 0. The summed E-state index contributed by atoms with van der Waals surface area (Å²) in [5.41, 5.74) is 13.1. The molecule has 1 saturated carbocycles. The Morgan fingerprint density at radius 1 is 1.11 bits per heavy atom.